The second kappa shape index (κ2) is 10.5. The van der Waals surface area contributed by atoms with Crippen LogP contribution in [0.1, 0.15) is 48.5 Å². The first kappa shape index (κ1) is 24.8. The number of anilines is 2. The molecule has 1 saturated heterocycles. The molecule has 0 unspecified atom stereocenters. The number of pyridine rings is 1. The first-order chi connectivity index (χ1) is 16.7. The average Bonchev–Trinajstić information content (AvgIpc) is 2.85. The van der Waals surface area contributed by atoms with Crippen molar-refractivity contribution < 1.29 is 13.9 Å². The van der Waals surface area contributed by atoms with E-state index < -0.39 is 0 Å². The van der Waals surface area contributed by atoms with Crippen LogP contribution in [0.2, 0.25) is 5.02 Å². The van der Waals surface area contributed by atoms with Crippen LogP contribution in [-0.4, -0.2) is 34.6 Å². The second-order valence-corrected chi connectivity index (χ2v) is 9.46. The summed E-state index contributed by atoms with van der Waals surface area (Å²) >= 11 is 6.43. The molecule has 2 aromatic carbocycles. The molecule has 2 heterocycles. The Balaban J connectivity index is 1.54. The number of piperidine rings is 1. The fourth-order valence-electron chi connectivity index (χ4n) is 4.34. The lowest BCUT2D eigenvalue weighted by molar-refractivity contribution is 0.0713. The Morgan fingerprint density at radius 3 is 2.31 bits per heavy atom. The molecule has 0 spiro atoms. The molecular weight excluding hydrogens is 469 g/mol. The topological polar surface area (TPSA) is 63.6 Å². The fourth-order valence-corrected chi connectivity index (χ4v) is 4.62. The van der Waals surface area contributed by atoms with Crippen LogP contribution in [0.5, 0.6) is 5.75 Å². The minimum absolute atomic E-state index is 0.0398. The van der Waals surface area contributed by atoms with E-state index in [1.54, 1.807) is 11.9 Å². The van der Waals surface area contributed by atoms with Gasteiger partial charge in [-0.3, -0.25) is 9.59 Å². The molecule has 35 heavy (non-hydrogen) atoms. The van der Waals surface area contributed by atoms with Crippen LogP contribution >= 0.6 is 11.6 Å². The summed E-state index contributed by atoms with van der Waals surface area (Å²) < 4.78 is 20.3. The van der Waals surface area contributed by atoms with Crippen LogP contribution in [0.15, 0.2) is 59.5 Å². The van der Waals surface area contributed by atoms with E-state index in [2.05, 4.69) is 5.32 Å². The molecule has 184 valence electrons. The summed E-state index contributed by atoms with van der Waals surface area (Å²) in [4.78, 5) is 27.9. The molecule has 0 atom stereocenters. The number of aryl methyl sites for hydroxylation is 1. The van der Waals surface area contributed by atoms with E-state index in [1.165, 1.54) is 22.9 Å². The average molecular weight is 498 g/mol. The molecule has 1 N–H and O–H groups in total. The summed E-state index contributed by atoms with van der Waals surface area (Å²) in [6.07, 6.45) is 3.13. The maximum Gasteiger partial charge on any atom is 0.271 e. The number of rotatable bonds is 6. The van der Waals surface area contributed by atoms with Crippen molar-refractivity contribution in [1.82, 2.24) is 9.47 Å². The molecule has 1 fully saturated rings. The Hall–Kier alpha value is -3.32. The van der Waals surface area contributed by atoms with Crippen LogP contribution in [0.3, 0.4) is 0 Å². The first-order valence-electron chi connectivity index (χ1n) is 11.7. The van der Waals surface area contributed by atoms with Gasteiger partial charge in [0.1, 0.15) is 16.6 Å². The van der Waals surface area contributed by atoms with E-state index in [9.17, 15) is 14.0 Å². The predicted octanol–water partition coefficient (Wildman–Crippen LogP) is 5.73. The van der Waals surface area contributed by atoms with Gasteiger partial charge in [0.2, 0.25) is 0 Å². The zero-order valence-corrected chi connectivity index (χ0v) is 20.8. The van der Waals surface area contributed by atoms with Crippen molar-refractivity contribution in [1.29, 1.82) is 0 Å². The molecule has 1 amide bonds. The monoisotopic (exact) mass is 497 g/mol. The predicted molar refractivity (Wildman–Crippen MR) is 136 cm³/mol. The van der Waals surface area contributed by atoms with Gasteiger partial charge in [0.05, 0.1) is 17.4 Å². The summed E-state index contributed by atoms with van der Waals surface area (Å²) in [7, 11) is 1.58. The molecule has 8 heteroatoms. The number of hydrogen-bond acceptors (Lipinski definition) is 4. The van der Waals surface area contributed by atoms with Gasteiger partial charge in [0.15, 0.2) is 0 Å². The zero-order chi connectivity index (χ0) is 25.1. The van der Waals surface area contributed by atoms with Crippen molar-refractivity contribution in [3.8, 4) is 5.75 Å². The van der Waals surface area contributed by atoms with Gasteiger partial charge in [-0.25, -0.2) is 4.39 Å². The van der Waals surface area contributed by atoms with Crippen molar-refractivity contribution in [2.24, 2.45) is 7.05 Å². The molecule has 6 nitrogen and oxygen atoms in total. The zero-order valence-electron chi connectivity index (χ0n) is 20.1. The van der Waals surface area contributed by atoms with Gasteiger partial charge in [-0.2, -0.15) is 0 Å². The fraction of sp³-hybridized carbons (Fsp3) is 0.333. The maximum atomic E-state index is 13.5. The highest BCUT2D eigenvalue weighted by molar-refractivity contribution is 6.34. The van der Waals surface area contributed by atoms with Gasteiger partial charge in [-0.15, -0.1) is 0 Å². The Kier molecular flexibility index (Phi) is 7.45. The number of ether oxygens (including phenoxy) is 1. The van der Waals surface area contributed by atoms with Crippen molar-refractivity contribution >= 4 is 28.9 Å². The molecule has 4 rings (SSSR count). The van der Waals surface area contributed by atoms with Gasteiger partial charge in [-0.1, -0.05) is 23.7 Å². The number of nitrogens with zero attached hydrogens (tertiary/aromatic N) is 2. The number of aromatic nitrogens is 1. The molecule has 3 aromatic rings. The number of likely N-dealkylation sites (tertiary alicyclic amines) is 1. The minimum Gasteiger partial charge on any atom is -0.491 e. The molecule has 0 saturated carbocycles. The Morgan fingerprint density at radius 2 is 1.71 bits per heavy atom. The Labute approximate surface area is 209 Å². The number of hydrogen-bond donors (Lipinski definition) is 1. The van der Waals surface area contributed by atoms with Crippen LogP contribution < -0.4 is 15.6 Å². The third-order valence-corrected chi connectivity index (χ3v) is 6.52. The first-order valence-corrected chi connectivity index (χ1v) is 12.1. The van der Waals surface area contributed by atoms with E-state index in [-0.39, 0.29) is 40.0 Å². The number of halogens is 2. The largest absolute Gasteiger partial charge is 0.491 e. The summed E-state index contributed by atoms with van der Waals surface area (Å²) in [6, 6.07) is 13.8. The molecule has 1 aliphatic heterocycles. The van der Waals surface area contributed by atoms with Crippen molar-refractivity contribution in [2.75, 3.05) is 18.4 Å². The molecular formula is C27H29ClFN3O3. The SMILES string of the molecule is CC(C)Oc1ccc(Nc2c(C(=O)N3CCC(c4ccc(F)cc4)CC3)cn(C)c(=O)c2Cl)cc1. The maximum absolute atomic E-state index is 13.5. The van der Waals surface area contributed by atoms with E-state index in [4.69, 9.17) is 16.3 Å². The summed E-state index contributed by atoms with van der Waals surface area (Å²) in [5.74, 6) is 0.547. The number of nitrogens with one attached hydrogen (secondary N) is 1. The van der Waals surface area contributed by atoms with Crippen molar-refractivity contribution in [3.05, 3.63) is 87.0 Å². The number of carbonyl (C=O) groups excluding carboxylic acids is 1. The van der Waals surface area contributed by atoms with Crippen LogP contribution in [0.4, 0.5) is 15.8 Å². The smallest absolute Gasteiger partial charge is 0.271 e. The standard InChI is InChI=1S/C27H29ClFN3O3/c1-17(2)35-22-10-8-21(9-11-22)30-25-23(16-31(3)27(34)24(25)28)26(33)32-14-12-19(13-15-32)18-4-6-20(29)7-5-18/h4-11,16-17,19,30H,12-15H2,1-3H3. The number of amides is 1. The number of carbonyl (C=O) groups is 1. The third-order valence-electron chi connectivity index (χ3n) is 6.17. The van der Waals surface area contributed by atoms with Gasteiger partial charge < -0.3 is 19.5 Å². The lowest BCUT2D eigenvalue weighted by atomic mass is 9.89. The molecule has 0 aliphatic carbocycles. The molecule has 0 bridgehead atoms. The lowest BCUT2D eigenvalue weighted by Crippen LogP contribution is -2.39. The van der Waals surface area contributed by atoms with E-state index in [0.29, 0.717) is 24.3 Å². The van der Waals surface area contributed by atoms with Gasteiger partial charge in [0, 0.05) is 32.0 Å². The summed E-state index contributed by atoms with van der Waals surface area (Å²) in [6.45, 7) is 5.02. The van der Waals surface area contributed by atoms with Gasteiger partial charge in [0.25, 0.3) is 11.5 Å². The van der Waals surface area contributed by atoms with Gasteiger partial charge >= 0.3 is 0 Å². The van der Waals surface area contributed by atoms with Gasteiger partial charge in [-0.05, 0) is 74.6 Å². The van der Waals surface area contributed by atoms with E-state index in [1.807, 2.05) is 50.2 Å². The normalized spacial score (nSPS) is 14.3. The third kappa shape index (κ3) is 5.68. The highest BCUT2D eigenvalue weighted by atomic mass is 35.5. The second-order valence-electron chi connectivity index (χ2n) is 9.08. The van der Waals surface area contributed by atoms with E-state index in [0.717, 1.165) is 24.2 Å². The van der Waals surface area contributed by atoms with Crippen molar-refractivity contribution in [2.45, 2.75) is 38.7 Å². The highest BCUT2D eigenvalue weighted by Crippen LogP contribution is 2.32. The molecule has 1 aromatic heterocycles. The van der Waals surface area contributed by atoms with Crippen molar-refractivity contribution in [3.63, 3.8) is 0 Å². The number of benzene rings is 2. The summed E-state index contributed by atoms with van der Waals surface area (Å²) in [5, 5.41) is 3.13. The van der Waals surface area contributed by atoms with Crippen LogP contribution in [-0.2, 0) is 7.05 Å². The van der Waals surface area contributed by atoms with Crippen LogP contribution in [0.25, 0.3) is 0 Å². The molecule has 1 aliphatic rings. The minimum atomic E-state index is -0.388. The Morgan fingerprint density at radius 1 is 1.09 bits per heavy atom. The quantitative estimate of drug-likeness (QED) is 0.472. The van der Waals surface area contributed by atoms with E-state index >= 15 is 0 Å². The Bertz CT molecular complexity index is 1250. The lowest BCUT2D eigenvalue weighted by Gasteiger charge is -2.33. The van der Waals surface area contributed by atoms with Crippen LogP contribution in [0, 0.1) is 5.82 Å². The molecule has 0 radical (unpaired) electrons. The summed E-state index contributed by atoms with van der Waals surface area (Å²) in [5.41, 5.74) is 1.99. The highest BCUT2D eigenvalue weighted by Gasteiger charge is 2.28.